The van der Waals surface area contributed by atoms with E-state index in [4.69, 9.17) is 4.74 Å². The maximum absolute atomic E-state index is 14.2. The SMILES string of the molecule is Oc1ccc(C23CC4CC(CC(C4)C2)C3)cc1/C=N/Nc1ncc(F)c(N2CCOCC2)n1. The third-order valence-corrected chi connectivity index (χ3v) is 8.08. The van der Waals surface area contributed by atoms with Gasteiger partial charge in [-0.05, 0) is 79.4 Å². The van der Waals surface area contributed by atoms with Gasteiger partial charge in [0.2, 0.25) is 5.95 Å². The lowest BCUT2D eigenvalue weighted by Crippen LogP contribution is -2.48. The molecule has 0 spiro atoms. The van der Waals surface area contributed by atoms with Crippen molar-refractivity contribution in [1.82, 2.24) is 9.97 Å². The molecule has 4 saturated carbocycles. The van der Waals surface area contributed by atoms with Gasteiger partial charge in [-0.3, -0.25) is 0 Å². The number of hydrogen-bond acceptors (Lipinski definition) is 7. The smallest absolute Gasteiger partial charge is 0.245 e. The lowest BCUT2D eigenvalue weighted by molar-refractivity contribution is -0.00520. The molecule has 1 aromatic carbocycles. The summed E-state index contributed by atoms with van der Waals surface area (Å²) in [6.45, 7) is 2.26. The van der Waals surface area contributed by atoms with Gasteiger partial charge in [0.05, 0.1) is 25.6 Å². The molecule has 5 fully saturated rings. The highest BCUT2D eigenvalue weighted by Crippen LogP contribution is 2.60. The number of halogens is 1. The number of benzene rings is 1. The van der Waals surface area contributed by atoms with Crippen molar-refractivity contribution in [2.75, 3.05) is 36.6 Å². The minimum atomic E-state index is -0.465. The molecule has 5 aliphatic rings. The fourth-order valence-corrected chi connectivity index (χ4v) is 7.02. The van der Waals surface area contributed by atoms with E-state index < -0.39 is 5.82 Å². The summed E-state index contributed by atoms with van der Waals surface area (Å²) in [6, 6.07) is 5.99. The monoisotopic (exact) mass is 451 g/mol. The van der Waals surface area contributed by atoms with E-state index in [-0.39, 0.29) is 22.9 Å². The van der Waals surface area contributed by atoms with Crippen molar-refractivity contribution in [1.29, 1.82) is 0 Å². The average molecular weight is 452 g/mol. The molecular formula is C25H30FN5O2. The Labute approximate surface area is 193 Å². The summed E-state index contributed by atoms with van der Waals surface area (Å²) in [4.78, 5) is 10.1. The number of rotatable bonds is 5. The van der Waals surface area contributed by atoms with Crippen LogP contribution in [0.1, 0.15) is 49.7 Å². The van der Waals surface area contributed by atoms with Crippen molar-refractivity contribution < 1.29 is 14.2 Å². The number of hydrogen-bond donors (Lipinski definition) is 2. The Morgan fingerprint density at radius 3 is 2.52 bits per heavy atom. The number of hydrazone groups is 1. The number of nitrogens with zero attached hydrogens (tertiary/aromatic N) is 4. The van der Waals surface area contributed by atoms with Crippen LogP contribution in [0.4, 0.5) is 16.2 Å². The molecule has 174 valence electrons. The lowest BCUT2D eigenvalue weighted by atomic mass is 9.48. The number of ether oxygens (including phenoxy) is 1. The van der Waals surface area contributed by atoms with Gasteiger partial charge in [-0.1, -0.05) is 6.07 Å². The van der Waals surface area contributed by atoms with Gasteiger partial charge in [0.15, 0.2) is 11.6 Å². The minimum Gasteiger partial charge on any atom is -0.507 e. The van der Waals surface area contributed by atoms with Gasteiger partial charge < -0.3 is 14.7 Å². The summed E-state index contributed by atoms with van der Waals surface area (Å²) < 4.78 is 19.6. The number of morpholine rings is 1. The van der Waals surface area contributed by atoms with E-state index in [1.165, 1.54) is 44.1 Å². The van der Waals surface area contributed by atoms with E-state index >= 15 is 0 Å². The quantitative estimate of drug-likeness (QED) is 0.527. The van der Waals surface area contributed by atoms with Crippen LogP contribution in [-0.4, -0.2) is 47.6 Å². The van der Waals surface area contributed by atoms with Gasteiger partial charge in [-0.2, -0.15) is 10.1 Å². The Kier molecular flexibility index (Phi) is 5.20. The Hall–Kier alpha value is -2.74. The molecule has 8 heteroatoms. The first-order chi connectivity index (χ1) is 16.1. The van der Waals surface area contributed by atoms with Crippen LogP contribution < -0.4 is 10.3 Å². The zero-order valence-electron chi connectivity index (χ0n) is 18.7. The van der Waals surface area contributed by atoms with E-state index in [1.54, 1.807) is 12.3 Å². The molecule has 1 saturated heterocycles. The highest BCUT2D eigenvalue weighted by Gasteiger charge is 2.51. The molecule has 7 rings (SSSR count). The van der Waals surface area contributed by atoms with Crippen LogP contribution in [0.15, 0.2) is 29.5 Å². The molecule has 0 unspecified atom stereocenters. The Morgan fingerprint density at radius 1 is 1.12 bits per heavy atom. The highest BCUT2D eigenvalue weighted by atomic mass is 19.1. The summed E-state index contributed by atoms with van der Waals surface area (Å²) in [6.07, 6.45) is 10.8. The van der Waals surface area contributed by atoms with Crippen LogP contribution >= 0.6 is 0 Å². The van der Waals surface area contributed by atoms with Crippen LogP contribution in [-0.2, 0) is 10.2 Å². The zero-order valence-corrected chi connectivity index (χ0v) is 18.7. The van der Waals surface area contributed by atoms with Gasteiger partial charge in [-0.25, -0.2) is 14.8 Å². The number of phenolic OH excluding ortho intramolecular Hbond substituents is 1. The minimum absolute atomic E-state index is 0.197. The van der Waals surface area contributed by atoms with E-state index in [0.29, 0.717) is 31.9 Å². The second-order valence-electron chi connectivity index (χ2n) is 10.3. The third kappa shape index (κ3) is 3.94. The Morgan fingerprint density at radius 2 is 1.82 bits per heavy atom. The molecular weight excluding hydrogens is 421 g/mol. The average Bonchev–Trinajstić information content (AvgIpc) is 2.81. The first-order valence-electron chi connectivity index (χ1n) is 12.1. The predicted octanol–water partition coefficient (Wildman–Crippen LogP) is 4.07. The number of aromatic nitrogens is 2. The number of aromatic hydroxyl groups is 1. The van der Waals surface area contributed by atoms with Gasteiger partial charge in [0.25, 0.3) is 0 Å². The maximum atomic E-state index is 14.2. The van der Waals surface area contributed by atoms with Crippen LogP contribution in [0.25, 0.3) is 0 Å². The van der Waals surface area contributed by atoms with Crippen molar-refractivity contribution in [3.63, 3.8) is 0 Å². The summed E-state index contributed by atoms with van der Waals surface area (Å²) in [7, 11) is 0. The first kappa shape index (κ1) is 20.8. The van der Waals surface area contributed by atoms with Crippen molar-refractivity contribution in [3.8, 4) is 5.75 Å². The van der Waals surface area contributed by atoms with Crippen molar-refractivity contribution in [3.05, 3.63) is 41.3 Å². The van der Waals surface area contributed by atoms with Gasteiger partial charge in [0.1, 0.15) is 5.75 Å². The molecule has 2 heterocycles. The number of anilines is 2. The van der Waals surface area contributed by atoms with Crippen molar-refractivity contribution >= 4 is 18.0 Å². The topological polar surface area (TPSA) is 82.9 Å². The lowest BCUT2D eigenvalue weighted by Gasteiger charge is -2.57. The van der Waals surface area contributed by atoms with Crippen LogP contribution in [0.2, 0.25) is 0 Å². The van der Waals surface area contributed by atoms with E-state index in [9.17, 15) is 9.50 Å². The Balaban J connectivity index is 1.20. The molecule has 1 aliphatic heterocycles. The van der Waals surface area contributed by atoms with Gasteiger partial charge in [0, 0.05) is 18.7 Å². The molecule has 0 radical (unpaired) electrons. The second kappa shape index (κ2) is 8.24. The van der Waals surface area contributed by atoms with Crippen LogP contribution in [0.3, 0.4) is 0 Å². The maximum Gasteiger partial charge on any atom is 0.245 e. The van der Waals surface area contributed by atoms with E-state index in [1.807, 2.05) is 4.90 Å². The third-order valence-electron chi connectivity index (χ3n) is 8.08. The summed E-state index contributed by atoms with van der Waals surface area (Å²) >= 11 is 0. The van der Waals surface area contributed by atoms with Gasteiger partial charge >= 0.3 is 0 Å². The standard InChI is InChI=1S/C25H30FN5O2/c26-21-15-27-24(29-23(21)31-3-5-33-6-4-31)30-28-14-19-10-20(1-2-22(19)32)25-11-16-7-17(12-25)9-18(8-16)13-25/h1-2,10,14-18,32H,3-9,11-13H2,(H,27,29,30)/b28-14+. The van der Waals surface area contributed by atoms with Crippen molar-refractivity contribution in [2.24, 2.45) is 22.9 Å². The normalized spacial score (nSPS) is 30.8. The van der Waals surface area contributed by atoms with E-state index in [0.717, 1.165) is 24.0 Å². The summed E-state index contributed by atoms with van der Waals surface area (Å²) in [5.74, 6) is 2.78. The molecule has 0 amide bonds. The molecule has 0 atom stereocenters. The molecule has 4 bridgehead atoms. The molecule has 2 N–H and O–H groups in total. The second-order valence-corrected chi connectivity index (χ2v) is 10.3. The van der Waals surface area contributed by atoms with Crippen LogP contribution in [0, 0.1) is 23.6 Å². The van der Waals surface area contributed by atoms with E-state index in [2.05, 4.69) is 32.6 Å². The molecule has 2 aromatic rings. The largest absolute Gasteiger partial charge is 0.507 e. The molecule has 7 nitrogen and oxygen atoms in total. The first-order valence-corrected chi connectivity index (χ1v) is 12.1. The molecule has 4 aliphatic carbocycles. The fourth-order valence-electron chi connectivity index (χ4n) is 7.02. The van der Waals surface area contributed by atoms with Crippen LogP contribution in [0.5, 0.6) is 5.75 Å². The predicted molar refractivity (Wildman–Crippen MR) is 124 cm³/mol. The van der Waals surface area contributed by atoms with Gasteiger partial charge in [-0.15, -0.1) is 0 Å². The molecule has 33 heavy (non-hydrogen) atoms. The Bertz CT molecular complexity index is 1030. The highest BCUT2D eigenvalue weighted by molar-refractivity contribution is 5.84. The zero-order chi connectivity index (χ0) is 22.4. The number of nitrogens with one attached hydrogen (secondary N) is 1. The fraction of sp³-hybridized carbons (Fsp3) is 0.560. The van der Waals surface area contributed by atoms with Crippen molar-refractivity contribution in [2.45, 2.75) is 43.9 Å². The summed E-state index contributed by atoms with van der Waals surface area (Å²) in [5.41, 5.74) is 5.05. The summed E-state index contributed by atoms with van der Waals surface area (Å²) in [5, 5.41) is 14.7. The number of phenols is 1. The molecule has 1 aromatic heterocycles.